The maximum atomic E-state index is 8.06. The molecule has 0 bridgehead atoms. The zero-order chi connectivity index (χ0) is 6.95. The van der Waals surface area contributed by atoms with Crippen LogP contribution < -0.4 is 0 Å². The maximum absolute atomic E-state index is 8.06. The largest absolute Gasteiger partial charge is 0.198 e. The summed E-state index contributed by atoms with van der Waals surface area (Å²) in [5.41, 5.74) is 0. The van der Waals surface area contributed by atoms with Gasteiger partial charge >= 0.3 is 0 Å². The van der Waals surface area contributed by atoms with Crippen molar-refractivity contribution in [1.82, 2.24) is 0 Å². The predicted octanol–water partition coefficient (Wildman–Crippen LogP) is 1.21. The molecule has 0 fully saturated rings. The van der Waals surface area contributed by atoms with Gasteiger partial charge < -0.3 is 0 Å². The monoisotopic (exact) mass is 118 g/mol. The van der Waals surface area contributed by atoms with E-state index in [0.717, 1.165) is 6.42 Å². The third-order valence-corrected chi connectivity index (χ3v) is 0.735. The van der Waals surface area contributed by atoms with Crippen LogP contribution in [0.2, 0.25) is 0 Å². The van der Waals surface area contributed by atoms with E-state index in [0.29, 0.717) is 12.8 Å². The first-order valence-electron chi connectivity index (χ1n) is 2.65. The minimum Gasteiger partial charge on any atom is -0.198 e. The van der Waals surface area contributed by atoms with Crippen LogP contribution in [-0.2, 0) is 0 Å². The quantitative estimate of drug-likeness (QED) is 0.404. The van der Waals surface area contributed by atoms with Gasteiger partial charge in [-0.1, -0.05) is 5.92 Å². The minimum absolute atomic E-state index is 0.528. The number of nitrogens with zero attached hydrogens (tertiary/aromatic N) is 2. The summed E-state index contributed by atoms with van der Waals surface area (Å²) < 4.78 is 0. The summed E-state index contributed by atoms with van der Waals surface area (Å²) >= 11 is 0. The normalized spacial score (nSPS) is 6.00. The molecule has 0 aromatic rings. The molecule has 0 N–H and O–H groups in total. The van der Waals surface area contributed by atoms with E-state index in [1.807, 2.05) is 6.07 Å². The van der Waals surface area contributed by atoms with Crippen molar-refractivity contribution in [3.8, 4) is 24.0 Å². The maximum Gasteiger partial charge on any atom is 0.152 e. The van der Waals surface area contributed by atoms with Gasteiger partial charge in [0.2, 0.25) is 0 Å². The highest BCUT2D eigenvalue weighted by atomic mass is 14.2. The molecule has 2 heteroatoms. The molecule has 0 amide bonds. The molecule has 0 aliphatic rings. The first kappa shape index (κ1) is 7.54. The van der Waals surface area contributed by atoms with Gasteiger partial charge in [0.25, 0.3) is 0 Å². The molecule has 0 atom stereocenters. The Kier molecular flexibility index (Phi) is 5.48. The molecule has 9 heavy (non-hydrogen) atoms. The Labute approximate surface area is 54.7 Å². The van der Waals surface area contributed by atoms with Crippen molar-refractivity contribution in [2.45, 2.75) is 19.3 Å². The molecule has 0 spiro atoms. The fourth-order valence-corrected chi connectivity index (χ4v) is 0.358. The van der Waals surface area contributed by atoms with E-state index in [9.17, 15) is 0 Å². The Bertz CT molecular complexity index is 194. The number of rotatable bonds is 2. The molecule has 0 rings (SSSR count). The number of nitriles is 2. The van der Waals surface area contributed by atoms with Crippen LogP contribution in [0.15, 0.2) is 0 Å². The highest BCUT2D eigenvalue weighted by Gasteiger charge is 1.78. The predicted molar refractivity (Wildman–Crippen MR) is 32.9 cm³/mol. The van der Waals surface area contributed by atoms with E-state index >= 15 is 0 Å². The van der Waals surface area contributed by atoms with E-state index in [1.54, 1.807) is 6.07 Å². The standard InChI is InChI=1S/C7H6N2/c8-6-4-2-1-3-5-7-9/h1-2,4H2. The average molecular weight is 118 g/mol. The van der Waals surface area contributed by atoms with Crippen molar-refractivity contribution in [2.24, 2.45) is 0 Å². The topological polar surface area (TPSA) is 47.6 Å². The van der Waals surface area contributed by atoms with Gasteiger partial charge in [-0.05, 0) is 6.42 Å². The summed E-state index contributed by atoms with van der Waals surface area (Å²) in [6.07, 6.45) is 1.95. The molecule has 0 aromatic carbocycles. The van der Waals surface area contributed by atoms with Crippen LogP contribution in [0.4, 0.5) is 0 Å². The lowest BCUT2D eigenvalue weighted by molar-refractivity contribution is 0.894. The summed E-state index contributed by atoms with van der Waals surface area (Å²) in [6, 6.07) is 3.69. The SMILES string of the molecule is N#CC#CCCCC#N. The van der Waals surface area contributed by atoms with Gasteiger partial charge in [0.1, 0.15) is 0 Å². The van der Waals surface area contributed by atoms with E-state index in [-0.39, 0.29) is 0 Å². The second-order valence-corrected chi connectivity index (χ2v) is 1.43. The van der Waals surface area contributed by atoms with Crippen LogP contribution in [-0.4, -0.2) is 0 Å². The number of unbranched alkanes of at least 4 members (excludes halogenated alkanes) is 2. The summed E-state index contributed by atoms with van der Waals surface area (Å²) in [6.45, 7) is 0. The van der Waals surface area contributed by atoms with Crippen LogP contribution in [0.25, 0.3) is 0 Å². The van der Waals surface area contributed by atoms with Crippen LogP contribution in [0.1, 0.15) is 19.3 Å². The van der Waals surface area contributed by atoms with E-state index in [4.69, 9.17) is 10.5 Å². The second kappa shape index (κ2) is 6.54. The van der Waals surface area contributed by atoms with Crippen LogP contribution in [0, 0.1) is 34.5 Å². The molecular formula is C7H6N2. The molecule has 0 aromatic heterocycles. The molecular weight excluding hydrogens is 112 g/mol. The molecule has 0 unspecified atom stereocenters. The lowest BCUT2D eigenvalue weighted by Gasteiger charge is -1.78. The molecule has 44 valence electrons. The average Bonchev–Trinajstić information content (AvgIpc) is 1.89. The Morgan fingerprint density at radius 1 is 1.11 bits per heavy atom. The van der Waals surface area contributed by atoms with Crippen molar-refractivity contribution in [3.63, 3.8) is 0 Å². The lowest BCUT2D eigenvalue weighted by Crippen LogP contribution is -1.67. The molecule has 0 aliphatic heterocycles. The fourth-order valence-electron chi connectivity index (χ4n) is 0.358. The summed E-state index contributed by atoms with van der Waals surface area (Å²) in [5, 5.41) is 16.0. The third-order valence-electron chi connectivity index (χ3n) is 0.735. The molecule has 0 radical (unpaired) electrons. The summed E-state index contributed by atoms with van der Waals surface area (Å²) in [4.78, 5) is 0. The molecule has 0 heterocycles. The first-order chi connectivity index (χ1) is 4.41. The van der Waals surface area contributed by atoms with Crippen LogP contribution in [0.3, 0.4) is 0 Å². The Hall–Kier alpha value is -1.46. The fraction of sp³-hybridized carbons (Fsp3) is 0.429. The van der Waals surface area contributed by atoms with Crippen molar-refractivity contribution in [3.05, 3.63) is 0 Å². The number of hydrogen-bond donors (Lipinski definition) is 0. The van der Waals surface area contributed by atoms with Crippen LogP contribution in [0.5, 0.6) is 0 Å². The second-order valence-electron chi connectivity index (χ2n) is 1.43. The highest BCUT2D eigenvalue weighted by molar-refractivity contribution is 5.16. The van der Waals surface area contributed by atoms with E-state index in [1.165, 1.54) is 0 Å². The minimum atomic E-state index is 0.528. The van der Waals surface area contributed by atoms with Gasteiger partial charge in [-0.2, -0.15) is 10.5 Å². The zero-order valence-electron chi connectivity index (χ0n) is 5.02. The highest BCUT2D eigenvalue weighted by Crippen LogP contribution is 1.89. The van der Waals surface area contributed by atoms with Crippen molar-refractivity contribution < 1.29 is 0 Å². The van der Waals surface area contributed by atoms with Crippen LogP contribution >= 0.6 is 0 Å². The van der Waals surface area contributed by atoms with Gasteiger partial charge in [-0.25, -0.2) is 0 Å². The van der Waals surface area contributed by atoms with E-state index in [2.05, 4.69) is 11.8 Å². The molecule has 0 aliphatic carbocycles. The lowest BCUT2D eigenvalue weighted by atomic mass is 10.2. The van der Waals surface area contributed by atoms with Gasteiger partial charge in [-0.15, -0.1) is 0 Å². The Morgan fingerprint density at radius 3 is 2.44 bits per heavy atom. The van der Waals surface area contributed by atoms with Gasteiger partial charge in [0, 0.05) is 18.8 Å². The van der Waals surface area contributed by atoms with Crippen molar-refractivity contribution in [2.75, 3.05) is 0 Å². The Morgan fingerprint density at radius 2 is 1.89 bits per heavy atom. The number of hydrogen-bond acceptors (Lipinski definition) is 2. The summed E-state index contributed by atoms with van der Waals surface area (Å²) in [7, 11) is 0. The Balaban J connectivity index is 3.14. The molecule has 2 nitrogen and oxygen atoms in total. The smallest absolute Gasteiger partial charge is 0.152 e. The third kappa shape index (κ3) is 6.54. The first-order valence-corrected chi connectivity index (χ1v) is 2.65. The van der Waals surface area contributed by atoms with Crippen molar-refractivity contribution in [1.29, 1.82) is 10.5 Å². The zero-order valence-corrected chi connectivity index (χ0v) is 5.02. The van der Waals surface area contributed by atoms with E-state index < -0.39 is 0 Å². The van der Waals surface area contributed by atoms with Gasteiger partial charge in [-0.3, -0.25) is 0 Å². The van der Waals surface area contributed by atoms with Gasteiger partial charge in [0.05, 0.1) is 6.07 Å². The summed E-state index contributed by atoms with van der Waals surface area (Å²) in [5.74, 6) is 4.86. The van der Waals surface area contributed by atoms with Gasteiger partial charge in [0.15, 0.2) is 6.07 Å². The molecule has 0 saturated carbocycles. The van der Waals surface area contributed by atoms with Crippen molar-refractivity contribution >= 4 is 0 Å². The molecule has 0 saturated heterocycles.